The molecule has 0 fully saturated rings. The monoisotopic (exact) mass is 480 g/mol. The van der Waals surface area contributed by atoms with E-state index in [-0.39, 0.29) is 29.7 Å². The van der Waals surface area contributed by atoms with E-state index >= 15 is 0 Å². The molecule has 31 heavy (non-hydrogen) atoms. The van der Waals surface area contributed by atoms with Crippen LogP contribution in [0.4, 0.5) is 0 Å². The summed E-state index contributed by atoms with van der Waals surface area (Å²) >= 11 is 13.8. The van der Waals surface area contributed by atoms with Gasteiger partial charge < -0.3 is 10.2 Å². The Kier molecular flexibility index (Phi) is 9.73. The van der Waals surface area contributed by atoms with Crippen molar-refractivity contribution in [3.05, 3.63) is 69.7 Å². The van der Waals surface area contributed by atoms with E-state index in [1.165, 1.54) is 11.8 Å². The summed E-state index contributed by atoms with van der Waals surface area (Å²) in [5.74, 6) is 0.716. The van der Waals surface area contributed by atoms with Crippen LogP contribution < -0.4 is 5.32 Å². The zero-order chi connectivity index (χ0) is 23.0. The molecule has 2 aromatic carbocycles. The van der Waals surface area contributed by atoms with Crippen molar-refractivity contribution in [2.24, 2.45) is 0 Å². The summed E-state index contributed by atoms with van der Waals surface area (Å²) in [7, 11) is 0. The lowest BCUT2D eigenvalue weighted by Crippen LogP contribution is -2.53. The quantitative estimate of drug-likeness (QED) is 0.482. The molecule has 1 atom stereocenters. The molecule has 1 unspecified atom stereocenters. The summed E-state index contributed by atoms with van der Waals surface area (Å²) < 4.78 is 0. The van der Waals surface area contributed by atoms with E-state index in [1.54, 1.807) is 11.0 Å². The van der Waals surface area contributed by atoms with Gasteiger partial charge in [0.1, 0.15) is 6.04 Å². The van der Waals surface area contributed by atoms with Crippen LogP contribution in [0, 0.1) is 0 Å². The molecule has 7 heteroatoms. The Morgan fingerprint density at radius 3 is 2.29 bits per heavy atom. The van der Waals surface area contributed by atoms with Crippen molar-refractivity contribution in [2.45, 2.75) is 58.0 Å². The van der Waals surface area contributed by atoms with Gasteiger partial charge in [-0.3, -0.25) is 9.59 Å². The van der Waals surface area contributed by atoms with Crippen molar-refractivity contribution in [1.29, 1.82) is 0 Å². The molecule has 4 nitrogen and oxygen atoms in total. The van der Waals surface area contributed by atoms with Crippen LogP contribution in [0.5, 0.6) is 0 Å². The molecule has 2 aromatic rings. The number of amides is 2. The number of carbonyl (C=O) groups is 2. The lowest BCUT2D eigenvalue weighted by molar-refractivity contribution is -0.140. The van der Waals surface area contributed by atoms with Crippen LogP contribution in [0.25, 0.3) is 0 Å². The van der Waals surface area contributed by atoms with E-state index in [4.69, 9.17) is 23.2 Å². The highest BCUT2D eigenvalue weighted by molar-refractivity contribution is 7.99. The maximum Gasteiger partial charge on any atom is 0.243 e. The van der Waals surface area contributed by atoms with Crippen LogP contribution in [-0.4, -0.2) is 34.0 Å². The predicted octanol–water partition coefficient (Wildman–Crippen LogP) is 5.95. The van der Waals surface area contributed by atoms with Gasteiger partial charge in [-0.25, -0.2) is 0 Å². The van der Waals surface area contributed by atoms with Gasteiger partial charge in [0.05, 0.1) is 5.75 Å². The van der Waals surface area contributed by atoms with Crippen molar-refractivity contribution in [3.8, 4) is 0 Å². The number of nitrogens with zero attached hydrogens (tertiary/aromatic N) is 1. The first-order chi connectivity index (χ1) is 14.6. The Bertz CT molecular complexity index is 882. The van der Waals surface area contributed by atoms with Gasteiger partial charge in [0, 0.05) is 27.9 Å². The fraction of sp³-hybridized carbons (Fsp3) is 0.417. The van der Waals surface area contributed by atoms with E-state index in [9.17, 15) is 9.59 Å². The third-order valence-electron chi connectivity index (χ3n) is 4.59. The van der Waals surface area contributed by atoms with Gasteiger partial charge in [0.25, 0.3) is 0 Å². The molecule has 1 N–H and O–H groups in total. The highest BCUT2D eigenvalue weighted by Crippen LogP contribution is 2.22. The molecule has 0 bridgehead atoms. The first-order valence-corrected chi connectivity index (χ1v) is 12.2. The van der Waals surface area contributed by atoms with E-state index < -0.39 is 6.04 Å². The largest absolute Gasteiger partial charge is 0.350 e. The second-order valence-corrected chi connectivity index (χ2v) is 10.2. The number of thioether (sulfide) groups is 1. The Balaban J connectivity index is 2.16. The number of halogens is 2. The van der Waals surface area contributed by atoms with Gasteiger partial charge in [-0.2, -0.15) is 0 Å². The van der Waals surface area contributed by atoms with Gasteiger partial charge in [0.2, 0.25) is 11.8 Å². The van der Waals surface area contributed by atoms with Gasteiger partial charge in [-0.15, -0.1) is 11.8 Å². The Hall–Kier alpha value is -1.69. The van der Waals surface area contributed by atoms with Gasteiger partial charge in [-0.1, -0.05) is 60.5 Å². The fourth-order valence-corrected chi connectivity index (χ4v) is 4.29. The maximum atomic E-state index is 13.2. The SMILES string of the molecule is CCC(C(=O)NC(C)(C)C)N(Cc1ccccc1Cl)C(=O)CSCc1ccc(Cl)cc1. The molecule has 2 amide bonds. The van der Waals surface area contributed by atoms with Crippen LogP contribution in [0.3, 0.4) is 0 Å². The van der Waals surface area contributed by atoms with Crippen LogP contribution >= 0.6 is 35.0 Å². The Labute approximate surface area is 199 Å². The first-order valence-electron chi connectivity index (χ1n) is 10.3. The van der Waals surface area contributed by atoms with Crippen LogP contribution in [0.1, 0.15) is 45.2 Å². The number of nitrogens with one attached hydrogen (secondary N) is 1. The minimum Gasteiger partial charge on any atom is -0.350 e. The smallest absolute Gasteiger partial charge is 0.243 e. The Morgan fingerprint density at radius 2 is 1.71 bits per heavy atom. The van der Waals surface area contributed by atoms with Crippen LogP contribution in [0.2, 0.25) is 10.0 Å². The summed E-state index contributed by atoms with van der Waals surface area (Å²) in [6.07, 6.45) is 0.514. The minimum absolute atomic E-state index is 0.0882. The maximum absolute atomic E-state index is 13.2. The van der Waals surface area contributed by atoms with Gasteiger partial charge in [-0.05, 0) is 56.5 Å². The fourth-order valence-electron chi connectivity index (χ4n) is 3.10. The highest BCUT2D eigenvalue weighted by Gasteiger charge is 2.30. The lowest BCUT2D eigenvalue weighted by atomic mass is 10.1. The zero-order valence-electron chi connectivity index (χ0n) is 18.5. The summed E-state index contributed by atoms with van der Waals surface area (Å²) in [6, 6.07) is 14.4. The van der Waals surface area contributed by atoms with Crippen LogP contribution in [-0.2, 0) is 21.9 Å². The lowest BCUT2D eigenvalue weighted by Gasteiger charge is -2.33. The molecule has 2 rings (SSSR count). The van der Waals surface area contributed by atoms with E-state index in [0.29, 0.717) is 22.2 Å². The van der Waals surface area contributed by atoms with Gasteiger partial charge >= 0.3 is 0 Å². The van der Waals surface area contributed by atoms with Crippen LogP contribution in [0.15, 0.2) is 48.5 Å². The molecule has 0 aliphatic rings. The van der Waals surface area contributed by atoms with Crippen molar-refractivity contribution >= 4 is 46.8 Å². The highest BCUT2D eigenvalue weighted by atomic mass is 35.5. The van der Waals surface area contributed by atoms with Gasteiger partial charge in [0.15, 0.2) is 0 Å². The summed E-state index contributed by atoms with van der Waals surface area (Å²) in [5.41, 5.74) is 1.53. The molecule has 0 aliphatic heterocycles. The first kappa shape index (κ1) is 25.6. The summed E-state index contributed by atoms with van der Waals surface area (Å²) in [5, 5.41) is 4.28. The number of hydrogen-bond acceptors (Lipinski definition) is 3. The zero-order valence-corrected chi connectivity index (χ0v) is 20.8. The minimum atomic E-state index is -0.570. The molecule has 0 radical (unpaired) electrons. The molecule has 0 aromatic heterocycles. The van der Waals surface area contributed by atoms with E-state index in [2.05, 4.69) is 5.32 Å². The predicted molar refractivity (Wildman–Crippen MR) is 132 cm³/mol. The molecule has 0 spiro atoms. The Morgan fingerprint density at radius 1 is 1.06 bits per heavy atom. The standard InChI is InChI=1S/C24H30Cl2N2O2S/c1-5-21(23(30)27-24(2,3)4)28(14-18-8-6-7-9-20(18)26)22(29)16-31-15-17-10-12-19(25)13-11-17/h6-13,21H,5,14-16H2,1-4H3,(H,27,30). The number of carbonyl (C=O) groups excluding carboxylic acids is 2. The average molecular weight is 481 g/mol. The normalized spacial score (nSPS) is 12.3. The van der Waals surface area contributed by atoms with Crippen molar-refractivity contribution in [3.63, 3.8) is 0 Å². The van der Waals surface area contributed by atoms with E-state index in [1.807, 2.05) is 70.2 Å². The molecule has 0 aliphatic carbocycles. The second-order valence-electron chi connectivity index (χ2n) is 8.40. The second kappa shape index (κ2) is 11.8. The number of rotatable bonds is 9. The molecule has 0 heterocycles. The molecular formula is C24H30Cl2N2O2S. The number of hydrogen-bond donors (Lipinski definition) is 1. The molecular weight excluding hydrogens is 451 g/mol. The van der Waals surface area contributed by atoms with Crippen molar-refractivity contribution < 1.29 is 9.59 Å². The molecule has 0 saturated heterocycles. The number of benzene rings is 2. The summed E-state index contributed by atoms with van der Waals surface area (Å²) in [6.45, 7) is 8.00. The topological polar surface area (TPSA) is 49.4 Å². The third-order valence-corrected chi connectivity index (χ3v) is 6.20. The van der Waals surface area contributed by atoms with Crippen molar-refractivity contribution in [2.75, 3.05) is 5.75 Å². The summed E-state index contributed by atoms with van der Waals surface area (Å²) in [4.78, 5) is 27.9. The van der Waals surface area contributed by atoms with Crippen molar-refractivity contribution in [1.82, 2.24) is 10.2 Å². The molecule has 0 saturated carbocycles. The third kappa shape index (κ3) is 8.40. The average Bonchev–Trinajstić information content (AvgIpc) is 2.69. The van der Waals surface area contributed by atoms with E-state index in [0.717, 1.165) is 11.1 Å². The molecule has 168 valence electrons.